The largest absolute Gasteiger partial charge is 0.356 e. The summed E-state index contributed by atoms with van der Waals surface area (Å²) in [6, 6.07) is 6.27. The second kappa shape index (κ2) is 7.01. The Morgan fingerprint density at radius 2 is 2.29 bits per heavy atom. The van der Waals surface area contributed by atoms with Crippen molar-refractivity contribution < 1.29 is 9.18 Å². The second-order valence-electron chi connectivity index (χ2n) is 4.06. The van der Waals surface area contributed by atoms with Crippen LogP contribution in [0.3, 0.4) is 0 Å². The van der Waals surface area contributed by atoms with Crippen molar-refractivity contribution in [1.82, 2.24) is 5.32 Å². The molecule has 1 aromatic rings. The molecule has 0 aromatic heterocycles. The van der Waals surface area contributed by atoms with Crippen LogP contribution in [0.4, 0.5) is 4.39 Å². The first-order valence-corrected chi connectivity index (χ1v) is 5.89. The molecule has 3 N–H and O–H groups in total. The van der Waals surface area contributed by atoms with Crippen LogP contribution < -0.4 is 11.1 Å². The smallest absolute Gasteiger partial charge is 0.224 e. The van der Waals surface area contributed by atoms with E-state index in [1.807, 2.05) is 6.92 Å². The van der Waals surface area contributed by atoms with Gasteiger partial charge in [-0.2, -0.15) is 0 Å². The summed E-state index contributed by atoms with van der Waals surface area (Å²) in [5.74, 6) is -0.630. The lowest BCUT2D eigenvalue weighted by Gasteiger charge is -2.14. The van der Waals surface area contributed by atoms with E-state index in [4.69, 9.17) is 5.73 Å². The van der Waals surface area contributed by atoms with Crippen molar-refractivity contribution in [2.75, 3.05) is 13.1 Å². The number of benzene rings is 1. The Morgan fingerprint density at radius 1 is 1.53 bits per heavy atom. The minimum Gasteiger partial charge on any atom is -0.356 e. The molecule has 1 aromatic carbocycles. The Labute approximate surface area is 101 Å². The topological polar surface area (TPSA) is 55.1 Å². The number of rotatable bonds is 6. The van der Waals surface area contributed by atoms with Gasteiger partial charge in [-0.15, -0.1) is 0 Å². The Morgan fingerprint density at radius 3 is 2.88 bits per heavy atom. The number of hydrogen-bond acceptors (Lipinski definition) is 2. The monoisotopic (exact) mass is 238 g/mol. The van der Waals surface area contributed by atoms with E-state index in [2.05, 4.69) is 5.32 Å². The molecular formula is C13H19FN2O. The highest BCUT2D eigenvalue weighted by Crippen LogP contribution is 2.10. The predicted octanol–water partition coefficient (Wildman–Crippen LogP) is 1.47. The van der Waals surface area contributed by atoms with Gasteiger partial charge < -0.3 is 11.1 Å². The number of carbonyl (C=O) groups is 1. The van der Waals surface area contributed by atoms with Gasteiger partial charge in [0, 0.05) is 13.1 Å². The molecule has 0 aliphatic rings. The summed E-state index contributed by atoms with van der Waals surface area (Å²) in [6.07, 6.45) is 1.37. The Bertz CT molecular complexity index is 368. The minimum atomic E-state index is -0.289. The van der Waals surface area contributed by atoms with Crippen molar-refractivity contribution in [3.8, 4) is 0 Å². The summed E-state index contributed by atoms with van der Waals surface area (Å²) >= 11 is 0. The van der Waals surface area contributed by atoms with E-state index < -0.39 is 0 Å². The SMILES string of the molecule is CCCNC(=O)C(CN)Cc1cccc(F)c1. The van der Waals surface area contributed by atoms with Crippen molar-refractivity contribution >= 4 is 5.91 Å². The third-order valence-electron chi connectivity index (χ3n) is 2.58. The van der Waals surface area contributed by atoms with E-state index in [0.29, 0.717) is 13.0 Å². The highest BCUT2D eigenvalue weighted by Gasteiger charge is 2.16. The van der Waals surface area contributed by atoms with Gasteiger partial charge in [0.25, 0.3) is 0 Å². The second-order valence-corrected chi connectivity index (χ2v) is 4.06. The zero-order chi connectivity index (χ0) is 12.7. The molecule has 1 rings (SSSR count). The summed E-state index contributed by atoms with van der Waals surface area (Å²) < 4.78 is 13.0. The molecule has 0 heterocycles. The van der Waals surface area contributed by atoms with Gasteiger partial charge in [0.15, 0.2) is 0 Å². The molecule has 3 nitrogen and oxygen atoms in total. The first-order valence-electron chi connectivity index (χ1n) is 5.89. The standard InChI is InChI=1S/C13H19FN2O/c1-2-6-16-13(17)11(9-15)7-10-4-3-5-12(14)8-10/h3-5,8,11H,2,6-7,9,15H2,1H3,(H,16,17). The summed E-state index contributed by atoms with van der Waals surface area (Å²) in [5, 5.41) is 2.81. The minimum absolute atomic E-state index is 0.0568. The van der Waals surface area contributed by atoms with Gasteiger partial charge in [-0.05, 0) is 30.5 Å². The van der Waals surface area contributed by atoms with Crippen LogP contribution in [0.25, 0.3) is 0 Å². The molecule has 0 saturated heterocycles. The van der Waals surface area contributed by atoms with Gasteiger partial charge in [-0.3, -0.25) is 4.79 Å². The zero-order valence-corrected chi connectivity index (χ0v) is 10.1. The third-order valence-corrected chi connectivity index (χ3v) is 2.58. The van der Waals surface area contributed by atoms with Gasteiger partial charge in [-0.25, -0.2) is 4.39 Å². The van der Waals surface area contributed by atoms with Crippen molar-refractivity contribution in [2.45, 2.75) is 19.8 Å². The highest BCUT2D eigenvalue weighted by atomic mass is 19.1. The maximum Gasteiger partial charge on any atom is 0.224 e. The number of carbonyl (C=O) groups excluding carboxylic acids is 1. The molecule has 94 valence electrons. The first kappa shape index (κ1) is 13.6. The van der Waals surface area contributed by atoms with E-state index in [-0.39, 0.29) is 24.2 Å². The summed E-state index contributed by atoms with van der Waals surface area (Å²) in [7, 11) is 0. The van der Waals surface area contributed by atoms with E-state index in [0.717, 1.165) is 12.0 Å². The molecular weight excluding hydrogens is 219 g/mol. The Kier molecular flexibility index (Phi) is 5.63. The summed E-state index contributed by atoms with van der Waals surface area (Å²) in [4.78, 5) is 11.7. The van der Waals surface area contributed by atoms with Gasteiger partial charge in [-0.1, -0.05) is 19.1 Å². The van der Waals surface area contributed by atoms with Gasteiger partial charge in [0.05, 0.1) is 5.92 Å². The maximum atomic E-state index is 13.0. The number of amides is 1. The van der Waals surface area contributed by atoms with Crippen LogP contribution in [0.2, 0.25) is 0 Å². The molecule has 0 aliphatic heterocycles. The molecule has 1 unspecified atom stereocenters. The molecule has 0 radical (unpaired) electrons. The number of hydrogen-bond donors (Lipinski definition) is 2. The maximum absolute atomic E-state index is 13.0. The van der Waals surface area contributed by atoms with E-state index in [9.17, 15) is 9.18 Å². The Hall–Kier alpha value is -1.42. The highest BCUT2D eigenvalue weighted by molar-refractivity contribution is 5.79. The van der Waals surface area contributed by atoms with Crippen LogP contribution in [-0.2, 0) is 11.2 Å². The van der Waals surface area contributed by atoms with E-state index in [1.165, 1.54) is 12.1 Å². The lowest BCUT2D eigenvalue weighted by molar-refractivity contribution is -0.124. The average molecular weight is 238 g/mol. The molecule has 4 heteroatoms. The van der Waals surface area contributed by atoms with Crippen molar-refractivity contribution in [2.24, 2.45) is 11.7 Å². The van der Waals surface area contributed by atoms with Crippen LogP contribution in [0, 0.1) is 11.7 Å². The Balaban J connectivity index is 2.60. The van der Waals surface area contributed by atoms with Crippen molar-refractivity contribution in [3.63, 3.8) is 0 Å². The third kappa shape index (κ3) is 4.53. The van der Waals surface area contributed by atoms with Crippen LogP contribution >= 0.6 is 0 Å². The molecule has 0 bridgehead atoms. The summed E-state index contributed by atoms with van der Waals surface area (Å²) in [5.41, 5.74) is 6.37. The van der Waals surface area contributed by atoms with Crippen LogP contribution in [-0.4, -0.2) is 19.0 Å². The lowest BCUT2D eigenvalue weighted by atomic mass is 9.98. The lowest BCUT2D eigenvalue weighted by Crippen LogP contribution is -2.36. The van der Waals surface area contributed by atoms with E-state index >= 15 is 0 Å². The fraction of sp³-hybridized carbons (Fsp3) is 0.462. The predicted molar refractivity (Wildman–Crippen MR) is 65.9 cm³/mol. The van der Waals surface area contributed by atoms with Crippen molar-refractivity contribution in [1.29, 1.82) is 0 Å². The molecule has 0 saturated carbocycles. The number of halogens is 1. The number of nitrogens with one attached hydrogen (secondary N) is 1. The molecule has 0 fully saturated rings. The van der Waals surface area contributed by atoms with Crippen LogP contribution in [0.5, 0.6) is 0 Å². The molecule has 1 atom stereocenters. The normalized spacial score (nSPS) is 12.2. The van der Waals surface area contributed by atoms with Crippen molar-refractivity contribution in [3.05, 3.63) is 35.6 Å². The van der Waals surface area contributed by atoms with Gasteiger partial charge >= 0.3 is 0 Å². The summed E-state index contributed by atoms with van der Waals surface area (Å²) in [6.45, 7) is 2.91. The zero-order valence-electron chi connectivity index (χ0n) is 10.1. The fourth-order valence-corrected chi connectivity index (χ4v) is 1.62. The van der Waals surface area contributed by atoms with Gasteiger partial charge in [0.2, 0.25) is 5.91 Å². The molecule has 0 spiro atoms. The van der Waals surface area contributed by atoms with E-state index in [1.54, 1.807) is 12.1 Å². The van der Waals surface area contributed by atoms with Crippen LogP contribution in [0.1, 0.15) is 18.9 Å². The van der Waals surface area contributed by atoms with Crippen LogP contribution in [0.15, 0.2) is 24.3 Å². The quantitative estimate of drug-likeness (QED) is 0.788. The first-order chi connectivity index (χ1) is 8.17. The molecule has 1 amide bonds. The molecule has 17 heavy (non-hydrogen) atoms. The molecule has 0 aliphatic carbocycles. The van der Waals surface area contributed by atoms with Gasteiger partial charge in [0.1, 0.15) is 5.82 Å². The number of nitrogens with two attached hydrogens (primary N) is 1. The fourth-order valence-electron chi connectivity index (χ4n) is 1.62. The average Bonchev–Trinajstić information content (AvgIpc) is 2.33.